The van der Waals surface area contributed by atoms with E-state index in [4.69, 9.17) is 4.74 Å². The normalized spacial score (nSPS) is 15.0. The lowest BCUT2D eigenvalue weighted by Crippen LogP contribution is -2.45. The van der Waals surface area contributed by atoms with Crippen molar-refractivity contribution < 1.29 is 9.53 Å². The highest BCUT2D eigenvalue weighted by molar-refractivity contribution is 5.89. The summed E-state index contributed by atoms with van der Waals surface area (Å²) in [5, 5.41) is 9.52. The molecule has 1 aromatic rings. The van der Waals surface area contributed by atoms with Gasteiger partial charge in [-0.1, -0.05) is 12.1 Å². The van der Waals surface area contributed by atoms with E-state index < -0.39 is 0 Å². The fourth-order valence-corrected chi connectivity index (χ4v) is 2.75. The summed E-state index contributed by atoms with van der Waals surface area (Å²) in [7, 11) is 1.70. The summed E-state index contributed by atoms with van der Waals surface area (Å²) in [6.45, 7) is 9.72. The van der Waals surface area contributed by atoms with Crippen LogP contribution in [0.15, 0.2) is 29.3 Å². The van der Waals surface area contributed by atoms with Crippen molar-refractivity contribution in [1.82, 2.24) is 15.5 Å². The predicted octanol–water partition coefficient (Wildman–Crippen LogP) is 2.79. The maximum atomic E-state index is 12.2. The monoisotopic (exact) mass is 375 g/mol. The summed E-state index contributed by atoms with van der Waals surface area (Å²) in [6, 6.07) is 7.81. The van der Waals surface area contributed by atoms with Crippen LogP contribution in [0, 0.1) is 0 Å². The first-order chi connectivity index (χ1) is 12.9. The van der Waals surface area contributed by atoms with Crippen molar-refractivity contribution in [2.24, 2.45) is 4.99 Å². The summed E-state index contributed by atoms with van der Waals surface area (Å²) in [5.41, 5.74) is 1.58. The molecule has 0 unspecified atom stereocenters. The van der Waals surface area contributed by atoms with Crippen LogP contribution in [0.25, 0.3) is 0 Å². The number of carbonyl (C=O) groups is 1. The van der Waals surface area contributed by atoms with Crippen LogP contribution in [-0.2, 0) is 11.3 Å². The molecule has 0 aliphatic carbocycles. The van der Waals surface area contributed by atoms with Crippen LogP contribution in [0.1, 0.15) is 39.2 Å². The largest absolute Gasteiger partial charge is 0.377 e. The Bertz CT molecular complexity index is 639. The van der Waals surface area contributed by atoms with Gasteiger partial charge in [-0.15, -0.1) is 0 Å². The van der Waals surface area contributed by atoms with Crippen molar-refractivity contribution in [2.75, 3.05) is 38.6 Å². The Morgan fingerprint density at radius 1 is 1.26 bits per heavy atom. The Labute approximate surface area is 162 Å². The molecule has 27 heavy (non-hydrogen) atoms. The molecule has 7 heteroatoms. The third-order valence-corrected chi connectivity index (χ3v) is 4.57. The standard InChI is InChI=1S/C20H33N5O2/c1-5-21-18(23-15-20(2,3)27-4)22-14-16-9-8-10-17(13-16)24-19(26)25-11-6-7-12-25/h8-10,13H,5-7,11-12,14-15H2,1-4H3,(H,24,26)(H2,21,22,23). The average Bonchev–Trinajstić information content (AvgIpc) is 3.19. The first-order valence-electron chi connectivity index (χ1n) is 9.66. The lowest BCUT2D eigenvalue weighted by atomic mass is 10.1. The van der Waals surface area contributed by atoms with Gasteiger partial charge in [0.25, 0.3) is 0 Å². The topological polar surface area (TPSA) is 78.0 Å². The second-order valence-electron chi connectivity index (χ2n) is 7.34. The lowest BCUT2D eigenvalue weighted by Gasteiger charge is -2.24. The summed E-state index contributed by atoms with van der Waals surface area (Å²) in [4.78, 5) is 18.7. The van der Waals surface area contributed by atoms with Gasteiger partial charge in [0.1, 0.15) is 0 Å². The number of likely N-dealkylation sites (tertiary alicyclic amines) is 1. The van der Waals surface area contributed by atoms with E-state index in [-0.39, 0.29) is 11.6 Å². The number of hydrogen-bond donors (Lipinski definition) is 3. The number of carbonyl (C=O) groups excluding carboxylic acids is 1. The highest BCUT2D eigenvalue weighted by Gasteiger charge is 2.18. The van der Waals surface area contributed by atoms with E-state index in [1.165, 1.54) is 0 Å². The van der Waals surface area contributed by atoms with Crippen molar-refractivity contribution in [3.63, 3.8) is 0 Å². The maximum Gasteiger partial charge on any atom is 0.321 e. The molecule has 1 aliphatic rings. The Hall–Kier alpha value is -2.28. The minimum absolute atomic E-state index is 0.0232. The van der Waals surface area contributed by atoms with Crippen LogP contribution >= 0.6 is 0 Å². The molecule has 1 fully saturated rings. The fraction of sp³-hybridized carbons (Fsp3) is 0.600. The molecule has 7 nitrogen and oxygen atoms in total. The second-order valence-corrected chi connectivity index (χ2v) is 7.34. The molecule has 1 aliphatic heterocycles. The molecule has 150 valence electrons. The molecule has 0 radical (unpaired) electrons. The number of nitrogens with one attached hydrogen (secondary N) is 3. The summed E-state index contributed by atoms with van der Waals surface area (Å²) in [5.74, 6) is 0.745. The van der Waals surface area contributed by atoms with Gasteiger partial charge in [0.2, 0.25) is 0 Å². The molecule has 2 rings (SSSR count). The Balaban J connectivity index is 1.95. The molecule has 1 aromatic carbocycles. The molecule has 0 atom stereocenters. The number of hydrogen-bond acceptors (Lipinski definition) is 3. The molecular formula is C20H33N5O2. The molecule has 2 amide bonds. The second kappa shape index (κ2) is 10.2. The predicted molar refractivity (Wildman–Crippen MR) is 110 cm³/mol. The number of methoxy groups -OCH3 is 1. The van der Waals surface area contributed by atoms with E-state index in [0.29, 0.717) is 13.1 Å². The van der Waals surface area contributed by atoms with Gasteiger partial charge in [0.15, 0.2) is 5.96 Å². The van der Waals surface area contributed by atoms with Crippen LogP contribution in [-0.4, -0.2) is 55.8 Å². The SMILES string of the molecule is CCNC(=NCc1cccc(NC(=O)N2CCCC2)c1)NCC(C)(C)OC. The van der Waals surface area contributed by atoms with E-state index in [1.54, 1.807) is 7.11 Å². The number of guanidine groups is 1. The third kappa shape index (κ3) is 7.09. The van der Waals surface area contributed by atoms with Crippen LogP contribution in [0.5, 0.6) is 0 Å². The number of urea groups is 1. The minimum Gasteiger partial charge on any atom is -0.377 e. The number of anilines is 1. The Kier molecular flexibility index (Phi) is 7.91. The van der Waals surface area contributed by atoms with Crippen molar-refractivity contribution >= 4 is 17.7 Å². The van der Waals surface area contributed by atoms with Crippen LogP contribution in [0.2, 0.25) is 0 Å². The van der Waals surface area contributed by atoms with Crippen molar-refractivity contribution in [3.05, 3.63) is 29.8 Å². The zero-order valence-corrected chi connectivity index (χ0v) is 17.0. The lowest BCUT2D eigenvalue weighted by molar-refractivity contribution is 0.0268. The van der Waals surface area contributed by atoms with Crippen LogP contribution in [0.4, 0.5) is 10.5 Å². The van der Waals surface area contributed by atoms with E-state index in [9.17, 15) is 4.79 Å². The maximum absolute atomic E-state index is 12.2. The van der Waals surface area contributed by atoms with Gasteiger partial charge in [-0.25, -0.2) is 9.79 Å². The van der Waals surface area contributed by atoms with E-state index >= 15 is 0 Å². The van der Waals surface area contributed by atoms with Crippen molar-refractivity contribution in [1.29, 1.82) is 0 Å². The van der Waals surface area contributed by atoms with Crippen LogP contribution in [0.3, 0.4) is 0 Å². The molecular weight excluding hydrogens is 342 g/mol. The zero-order valence-electron chi connectivity index (χ0n) is 17.0. The van der Waals surface area contributed by atoms with E-state index in [1.807, 2.05) is 49.9 Å². The first kappa shape index (κ1) is 21.0. The van der Waals surface area contributed by atoms with Crippen molar-refractivity contribution in [3.8, 4) is 0 Å². The molecule has 0 saturated carbocycles. The van der Waals surface area contributed by atoms with Gasteiger partial charge in [-0.2, -0.15) is 0 Å². The highest BCUT2D eigenvalue weighted by Crippen LogP contribution is 2.14. The molecule has 3 N–H and O–H groups in total. The first-order valence-corrected chi connectivity index (χ1v) is 9.66. The van der Waals surface area contributed by atoms with E-state index in [0.717, 1.165) is 49.7 Å². The molecule has 1 heterocycles. The van der Waals surface area contributed by atoms with Gasteiger partial charge in [-0.3, -0.25) is 0 Å². The van der Waals surface area contributed by atoms with Gasteiger partial charge < -0.3 is 25.6 Å². The van der Waals surface area contributed by atoms with Gasteiger partial charge in [0.05, 0.1) is 12.1 Å². The number of benzene rings is 1. The minimum atomic E-state index is -0.268. The zero-order chi connectivity index (χ0) is 19.7. The number of nitrogens with zero attached hydrogens (tertiary/aromatic N) is 2. The molecule has 0 bridgehead atoms. The fourth-order valence-electron chi connectivity index (χ4n) is 2.75. The third-order valence-electron chi connectivity index (χ3n) is 4.57. The summed E-state index contributed by atoms with van der Waals surface area (Å²) in [6.07, 6.45) is 2.17. The molecule has 0 aromatic heterocycles. The highest BCUT2D eigenvalue weighted by atomic mass is 16.5. The Morgan fingerprint density at radius 3 is 2.67 bits per heavy atom. The van der Waals surface area contributed by atoms with Gasteiger partial charge >= 0.3 is 6.03 Å². The van der Waals surface area contributed by atoms with Crippen LogP contribution < -0.4 is 16.0 Å². The summed E-state index contributed by atoms with van der Waals surface area (Å²) < 4.78 is 5.43. The molecule has 1 saturated heterocycles. The number of aliphatic imine (C=N–C) groups is 1. The van der Waals surface area contributed by atoms with Crippen molar-refractivity contribution in [2.45, 2.75) is 45.8 Å². The average molecular weight is 376 g/mol. The van der Waals surface area contributed by atoms with Gasteiger partial charge in [0, 0.05) is 39.0 Å². The quantitative estimate of drug-likeness (QED) is 0.506. The van der Waals surface area contributed by atoms with E-state index in [2.05, 4.69) is 20.9 Å². The molecule has 0 spiro atoms. The smallest absolute Gasteiger partial charge is 0.321 e. The number of ether oxygens (including phenoxy) is 1. The van der Waals surface area contributed by atoms with Gasteiger partial charge in [-0.05, 0) is 51.3 Å². The summed E-state index contributed by atoms with van der Waals surface area (Å²) >= 11 is 0. The Morgan fingerprint density at radius 2 is 2.00 bits per heavy atom. The number of rotatable bonds is 7. The number of amides is 2.